The van der Waals surface area contributed by atoms with Gasteiger partial charge in [-0.2, -0.15) is 0 Å². The molecule has 0 saturated carbocycles. The van der Waals surface area contributed by atoms with Gasteiger partial charge in [0.1, 0.15) is 29.7 Å². The van der Waals surface area contributed by atoms with E-state index in [2.05, 4.69) is 37.2 Å². The van der Waals surface area contributed by atoms with Crippen molar-refractivity contribution < 1.29 is 38.4 Å². The Labute approximate surface area is 277 Å². The standard InChI is InChI=1S/C31H56N8O8/c1-11-12-20(36-22(41)14-33-28(45)24(17(4)5)35-19(8)40)27(44)39-31(9,10)30(47)38-25(18(6)7)29(46)34-15-23(42)37-21(26(32)43)13-16(2)3/h16-18,20-21,24-25H,11-15H2,1-10H3,(H2,32,43)(H,33,45)(H,34,46)(H,35,40)(H,36,41)(H,37,42)(H,38,47)(H,39,44)/t20-,21-,24?,25?/m0/s1. The first-order valence-corrected chi connectivity index (χ1v) is 16.0. The quantitative estimate of drug-likeness (QED) is 0.0774. The molecule has 9 N–H and O–H groups in total. The minimum atomic E-state index is -1.53. The predicted octanol–water partition coefficient (Wildman–Crippen LogP) is -1.28. The van der Waals surface area contributed by atoms with E-state index in [9.17, 15) is 38.4 Å². The first-order valence-electron chi connectivity index (χ1n) is 16.0. The second kappa shape index (κ2) is 20.1. The summed E-state index contributed by atoms with van der Waals surface area (Å²) < 4.78 is 0. The lowest BCUT2D eigenvalue weighted by atomic mass is 9.98. The van der Waals surface area contributed by atoms with Crippen LogP contribution in [-0.4, -0.2) is 90.1 Å². The van der Waals surface area contributed by atoms with Gasteiger partial charge in [0.15, 0.2) is 0 Å². The molecule has 0 aliphatic rings. The number of carbonyl (C=O) groups is 8. The van der Waals surface area contributed by atoms with Crippen LogP contribution in [0.15, 0.2) is 0 Å². The summed E-state index contributed by atoms with van der Waals surface area (Å²) >= 11 is 0. The Morgan fingerprint density at radius 2 is 1.11 bits per heavy atom. The molecule has 0 bridgehead atoms. The smallest absolute Gasteiger partial charge is 0.245 e. The highest BCUT2D eigenvalue weighted by molar-refractivity contribution is 5.97. The Morgan fingerprint density at radius 3 is 1.49 bits per heavy atom. The molecule has 0 saturated heterocycles. The maximum atomic E-state index is 13.3. The van der Waals surface area contributed by atoms with Gasteiger partial charge in [0.25, 0.3) is 0 Å². The van der Waals surface area contributed by atoms with Crippen LogP contribution >= 0.6 is 0 Å². The lowest BCUT2D eigenvalue weighted by Gasteiger charge is -2.31. The highest BCUT2D eigenvalue weighted by atomic mass is 16.2. The van der Waals surface area contributed by atoms with Crippen LogP contribution in [0.2, 0.25) is 0 Å². The molecule has 0 rings (SSSR count). The average molecular weight is 669 g/mol. The summed E-state index contributed by atoms with van der Waals surface area (Å²) in [6.07, 6.45) is 1.07. The summed E-state index contributed by atoms with van der Waals surface area (Å²) in [5.41, 5.74) is 3.83. The van der Waals surface area contributed by atoms with Crippen molar-refractivity contribution in [1.82, 2.24) is 37.2 Å². The van der Waals surface area contributed by atoms with Crippen molar-refractivity contribution in [2.45, 2.75) is 118 Å². The molecular formula is C31H56N8O8. The highest BCUT2D eigenvalue weighted by Gasteiger charge is 2.36. The van der Waals surface area contributed by atoms with E-state index in [0.717, 1.165) is 0 Å². The number of nitrogens with two attached hydrogens (primary N) is 1. The summed E-state index contributed by atoms with van der Waals surface area (Å²) in [5, 5.41) is 17.7. The Kier molecular flexibility index (Phi) is 18.3. The molecule has 0 heterocycles. The second-order valence-corrected chi connectivity index (χ2v) is 13.2. The van der Waals surface area contributed by atoms with E-state index in [-0.39, 0.29) is 18.3 Å². The Morgan fingerprint density at radius 1 is 0.660 bits per heavy atom. The van der Waals surface area contributed by atoms with Gasteiger partial charge in [-0.05, 0) is 44.4 Å². The third-order valence-electron chi connectivity index (χ3n) is 7.01. The SMILES string of the molecule is CCC[C@H](NC(=O)CNC(=O)C(NC(C)=O)C(C)C)C(=O)NC(C)(C)C(=O)NC(C(=O)NCC(=O)N[C@@H](CC(C)C)C(N)=O)C(C)C. The first-order chi connectivity index (χ1) is 21.6. The normalized spacial score (nSPS) is 13.9. The molecule has 0 spiro atoms. The van der Waals surface area contributed by atoms with Gasteiger partial charge in [-0.3, -0.25) is 38.4 Å². The summed E-state index contributed by atoms with van der Waals surface area (Å²) in [5.74, 6) is -5.46. The number of hydrogen-bond acceptors (Lipinski definition) is 8. The van der Waals surface area contributed by atoms with Crippen LogP contribution in [0.25, 0.3) is 0 Å². The fraction of sp³-hybridized carbons (Fsp3) is 0.742. The van der Waals surface area contributed by atoms with Gasteiger partial charge in [-0.1, -0.05) is 54.9 Å². The second-order valence-electron chi connectivity index (χ2n) is 13.2. The van der Waals surface area contributed by atoms with Crippen molar-refractivity contribution in [2.75, 3.05) is 13.1 Å². The van der Waals surface area contributed by atoms with Crippen LogP contribution in [0.3, 0.4) is 0 Å². The van der Waals surface area contributed by atoms with Crippen LogP contribution < -0.4 is 43.0 Å². The van der Waals surface area contributed by atoms with E-state index >= 15 is 0 Å². The van der Waals surface area contributed by atoms with Gasteiger partial charge >= 0.3 is 0 Å². The Balaban J connectivity index is 5.34. The van der Waals surface area contributed by atoms with Crippen LogP contribution in [0.1, 0.15) is 88.5 Å². The molecule has 0 aliphatic carbocycles. The molecule has 4 atom stereocenters. The van der Waals surface area contributed by atoms with Crippen molar-refractivity contribution in [1.29, 1.82) is 0 Å². The topological polar surface area (TPSA) is 247 Å². The lowest BCUT2D eigenvalue weighted by molar-refractivity contribution is -0.137. The third-order valence-corrected chi connectivity index (χ3v) is 7.01. The van der Waals surface area contributed by atoms with E-state index in [0.29, 0.717) is 12.8 Å². The number of primary amides is 1. The Hall–Kier alpha value is -4.24. The Bertz CT molecular complexity index is 1140. The number of hydrogen-bond donors (Lipinski definition) is 8. The van der Waals surface area contributed by atoms with Crippen LogP contribution in [-0.2, 0) is 38.4 Å². The number of amides is 8. The zero-order valence-electron chi connectivity index (χ0n) is 29.4. The molecule has 16 nitrogen and oxygen atoms in total. The predicted molar refractivity (Wildman–Crippen MR) is 175 cm³/mol. The zero-order valence-corrected chi connectivity index (χ0v) is 29.4. The minimum Gasteiger partial charge on any atom is -0.368 e. The zero-order chi connectivity index (χ0) is 36.6. The molecule has 47 heavy (non-hydrogen) atoms. The molecule has 0 radical (unpaired) electrons. The summed E-state index contributed by atoms with van der Waals surface area (Å²) in [4.78, 5) is 99.9. The fourth-order valence-electron chi connectivity index (χ4n) is 4.38. The third kappa shape index (κ3) is 16.2. The van der Waals surface area contributed by atoms with Gasteiger partial charge in [0, 0.05) is 6.92 Å². The van der Waals surface area contributed by atoms with Crippen molar-refractivity contribution in [2.24, 2.45) is 23.5 Å². The summed E-state index contributed by atoms with van der Waals surface area (Å²) in [6, 6.07) is -3.84. The fourth-order valence-corrected chi connectivity index (χ4v) is 4.38. The van der Waals surface area contributed by atoms with Crippen LogP contribution in [0, 0.1) is 17.8 Å². The van der Waals surface area contributed by atoms with E-state index in [4.69, 9.17) is 5.73 Å². The van der Waals surface area contributed by atoms with Crippen LogP contribution in [0.4, 0.5) is 0 Å². The molecule has 0 aromatic heterocycles. The van der Waals surface area contributed by atoms with Crippen molar-refractivity contribution >= 4 is 47.3 Å². The van der Waals surface area contributed by atoms with Crippen molar-refractivity contribution in [3.05, 3.63) is 0 Å². The van der Waals surface area contributed by atoms with E-state index in [1.165, 1.54) is 20.8 Å². The van der Waals surface area contributed by atoms with Gasteiger partial charge in [0.05, 0.1) is 13.1 Å². The number of nitrogens with one attached hydrogen (secondary N) is 7. The molecule has 268 valence electrons. The average Bonchev–Trinajstić information content (AvgIpc) is 2.94. The first kappa shape index (κ1) is 42.8. The maximum Gasteiger partial charge on any atom is 0.245 e. The molecule has 8 amide bonds. The molecule has 16 heteroatoms. The van der Waals surface area contributed by atoms with Crippen molar-refractivity contribution in [3.8, 4) is 0 Å². The van der Waals surface area contributed by atoms with Gasteiger partial charge in [-0.25, -0.2) is 0 Å². The van der Waals surface area contributed by atoms with Crippen LogP contribution in [0.5, 0.6) is 0 Å². The molecule has 0 aromatic rings. The lowest BCUT2D eigenvalue weighted by Crippen LogP contribution is -2.62. The van der Waals surface area contributed by atoms with E-state index < -0.39 is 96.0 Å². The maximum absolute atomic E-state index is 13.3. The van der Waals surface area contributed by atoms with E-state index in [1.807, 2.05) is 13.8 Å². The van der Waals surface area contributed by atoms with E-state index in [1.54, 1.807) is 34.6 Å². The molecule has 0 fully saturated rings. The highest BCUT2D eigenvalue weighted by Crippen LogP contribution is 2.10. The van der Waals surface area contributed by atoms with Gasteiger partial charge in [0.2, 0.25) is 47.3 Å². The molecule has 0 aromatic carbocycles. The minimum absolute atomic E-state index is 0.0905. The van der Waals surface area contributed by atoms with Crippen molar-refractivity contribution in [3.63, 3.8) is 0 Å². The van der Waals surface area contributed by atoms with Gasteiger partial charge < -0.3 is 43.0 Å². The summed E-state index contributed by atoms with van der Waals surface area (Å²) in [6.45, 7) is 15.6. The summed E-state index contributed by atoms with van der Waals surface area (Å²) in [7, 11) is 0. The monoisotopic (exact) mass is 668 g/mol. The largest absolute Gasteiger partial charge is 0.368 e. The number of rotatable bonds is 20. The number of carbonyl (C=O) groups excluding carboxylic acids is 8. The molecule has 0 aliphatic heterocycles. The molecule has 2 unspecified atom stereocenters. The molecular weight excluding hydrogens is 612 g/mol. The van der Waals surface area contributed by atoms with Gasteiger partial charge in [-0.15, -0.1) is 0 Å².